The highest BCUT2D eigenvalue weighted by molar-refractivity contribution is 7.16. The summed E-state index contributed by atoms with van der Waals surface area (Å²) in [6.45, 7) is 6.12. The Morgan fingerprint density at radius 1 is 1.47 bits per heavy atom. The van der Waals surface area contributed by atoms with Crippen molar-refractivity contribution in [3.63, 3.8) is 0 Å². The number of hydrogen-bond donors (Lipinski definition) is 1. The predicted molar refractivity (Wildman–Crippen MR) is 68.6 cm³/mol. The highest BCUT2D eigenvalue weighted by Crippen LogP contribution is 2.29. The van der Waals surface area contributed by atoms with Crippen LogP contribution in [0.1, 0.15) is 24.8 Å². The van der Waals surface area contributed by atoms with Gasteiger partial charge in [-0.15, -0.1) is 11.3 Å². The van der Waals surface area contributed by atoms with Gasteiger partial charge in [0.1, 0.15) is 0 Å². The second-order valence-electron chi connectivity index (χ2n) is 4.23. The molecule has 0 aliphatic rings. The van der Waals surface area contributed by atoms with Crippen LogP contribution in [0.25, 0.3) is 0 Å². The molecular weight excluding hydrogens is 228 g/mol. The van der Waals surface area contributed by atoms with Crippen molar-refractivity contribution < 1.29 is 0 Å². The Hall–Kier alpha value is -0.0900. The maximum Gasteiger partial charge on any atom is 0.0931 e. The molecule has 86 valence electrons. The maximum atomic E-state index is 5.93. The van der Waals surface area contributed by atoms with Crippen molar-refractivity contribution in [2.75, 3.05) is 20.1 Å². The first kappa shape index (κ1) is 13.0. The highest BCUT2D eigenvalue weighted by Gasteiger charge is 2.17. The number of hydrogen-bond acceptors (Lipinski definition) is 3. The van der Waals surface area contributed by atoms with Crippen LogP contribution in [0.3, 0.4) is 0 Å². The molecule has 0 spiro atoms. The number of halogens is 1. The molecule has 0 aliphatic carbocycles. The lowest BCUT2D eigenvalue weighted by Gasteiger charge is -2.27. The Labute approximate surface area is 101 Å². The molecule has 0 bridgehead atoms. The van der Waals surface area contributed by atoms with E-state index in [4.69, 9.17) is 17.3 Å². The summed E-state index contributed by atoms with van der Waals surface area (Å²) >= 11 is 7.55. The van der Waals surface area contributed by atoms with Crippen LogP contribution in [0.5, 0.6) is 0 Å². The molecule has 0 saturated carbocycles. The van der Waals surface area contributed by atoms with E-state index >= 15 is 0 Å². The summed E-state index contributed by atoms with van der Waals surface area (Å²) < 4.78 is 0.835. The molecule has 1 atom stereocenters. The van der Waals surface area contributed by atoms with E-state index in [1.54, 1.807) is 11.3 Å². The summed E-state index contributed by atoms with van der Waals surface area (Å²) in [6.07, 6.45) is 0. The lowest BCUT2D eigenvalue weighted by Crippen LogP contribution is -2.32. The lowest BCUT2D eigenvalue weighted by atomic mass is 10.1. The van der Waals surface area contributed by atoms with Gasteiger partial charge in [0.25, 0.3) is 0 Å². The van der Waals surface area contributed by atoms with Crippen LogP contribution in [-0.2, 0) is 0 Å². The number of rotatable bonds is 5. The van der Waals surface area contributed by atoms with Crippen LogP contribution in [-0.4, -0.2) is 25.0 Å². The fraction of sp³-hybridized carbons (Fsp3) is 0.636. The van der Waals surface area contributed by atoms with Crippen LogP contribution in [0.4, 0.5) is 0 Å². The van der Waals surface area contributed by atoms with Crippen molar-refractivity contribution in [1.82, 2.24) is 4.90 Å². The molecule has 1 rings (SSSR count). The van der Waals surface area contributed by atoms with E-state index in [9.17, 15) is 0 Å². The van der Waals surface area contributed by atoms with Crippen LogP contribution in [0, 0.1) is 5.92 Å². The van der Waals surface area contributed by atoms with Crippen molar-refractivity contribution in [3.8, 4) is 0 Å². The Balaban J connectivity index is 2.70. The molecule has 0 radical (unpaired) electrons. The minimum atomic E-state index is 0.296. The van der Waals surface area contributed by atoms with E-state index in [1.807, 2.05) is 6.07 Å². The molecular formula is C11H19ClN2S. The summed E-state index contributed by atoms with van der Waals surface area (Å²) in [5, 5.41) is 0. The summed E-state index contributed by atoms with van der Waals surface area (Å²) in [5.41, 5.74) is 5.81. The fourth-order valence-corrected chi connectivity index (χ4v) is 2.96. The zero-order chi connectivity index (χ0) is 11.4. The number of nitrogens with two attached hydrogens (primary N) is 1. The minimum Gasteiger partial charge on any atom is -0.329 e. The summed E-state index contributed by atoms with van der Waals surface area (Å²) in [5.74, 6) is 0.652. The van der Waals surface area contributed by atoms with Gasteiger partial charge in [0.05, 0.1) is 10.4 Å². The SMILES string of the molecule is CC(C)CN(C)C(CN)c1ccc(Cl)s1. The van der Waals surface area contributed by atoms with Gasteiger partial charge in [0, 0.05) is 18.0 Å². The van der Waals surface area contributed by atoms with Gasteiger partial charge >= 0.3 is 0 Å². The molecule has 1 unspecified atom stereocenters. The van der Waals surface area contributed by atoms with E-state index < -0.39 is 0 Å². The molecule has 4 heteroatoms. The Kier molecular flexibility index (Phi) is 5.06. The number of thiophene rings is 1. The van der Waals surface area contributed by atoms with Gasteiger partial charge in [-0.2, -0.15) is 0 Å². The normalized spacial score (nSPS) is 13.8. The van der Waals surface area contributed by atoms with Gasteiger partial charge in [0.2, 0.25) is 0 Å². The van der Waals surface area contributed by atoms with E-state index in [0.717, 1.165) is 10.9 Å². The molecule has 1 heterocycles. The molecule has 0 amide bonds. The zero-order valence-electron chi connectivity index (χ0n) is 9.53. The van der Waals surface area contributed by atoms with Crippen molar-refractivity contribution in [3.05, 3.63) is 21.3 Å². The van der Waals surface area contributed by atoms with Crippen molar-refractivity contribution in [1.29, 1.82) is 0 Å². The Bertz CT molecular complexity index is 299. The predicted octanol–water partition coefficient (Wildman–Crippen LogP) is 2.99. The number of likely N-dealkylation sites (N-methyl/N-ethyl adjacent to an activating group) is 1. The van der Waals surface area contributed by atoms with Crippen molar-refractivity contribution in [2.24, 2.45) is 11.7 Å². The molecule has 15 heavy (non-hydrogen) atoms. The van der Waals surface area contributed by atoms with Crippen molar-refractivity contribution in [2.45, 2.75) is 19.9 Å². The fourth-order valence-electron chi connectivity index (χ4n) is 1.72. The molecule has 1 aromatic heterocycles. The van der Waals surface area contributed by atoms with Crippen LogP contribution in [0.2, 0.25) is 4.34 Å². The smallest absolute Gasteiger partial charge is 0.0931 e. The molecule has 0 aromatic carbocycles. The zero-order valence-corrected chi connectivity index (χ0v) is 11.1. The van der Waals surface area contributed by atoms with Gasteiger partial charge in [-0.05, 0) is 25.1 Å². The molecule has 1 aromatic rings. The number of nitrogens with zero attached hydrogens (tertiary/aromatic N) is 1. The van der Waals surface area contributed by atoms with Gasteiger partial charge in [-0.1, -0.05) is 25.4 Å². The molecule has 0 aliphatic heterocycles. The highest BCUT2D eigenvalue weighted by atomic mass is 35.5. The van der Waals surface area contributed by atoms with Gasteiger partial charge in [-0.3, -0.25) is 4.90 Å². The monoisotopic (exact) mass is 246 g/mol. The van der Waals surface area contributed by atoms with Gasteiger partial charge in [0.15, 0.2) is 0 Å². The van der Waals surface area contributed by atoms with Crippen LogP contribution in [0.15, 0.2) is 12.1 Å². The third-order valence-corrected chi connectivity index (χ3v) is 3.66. The van der Waals surface area contributed by atoms with Gasteiger partial charge < -0.3 is 5.73 Å². The molecule has 0 saturated heterocycles. The first-order valence-electron chi connectivity index (χ1n) is 5.20. The van der Waals surface area contributed by atoms with E-state index in [1.165, 1.54) is 4.88 Å². The topological polar surface area (TPSA) is 29.3 Å². The van der Waals surface area contributed by atoms with Crippen LogP contribution >= 0.6 is 22.9 Å². The maximum absolute atomic E-state index is 5.93. The Morgan fingerprint density at radius 3 is 2.53 bits per heavy atom. The van der Waals surface area contributed by atoms with Crippen LogP contribution < -0.4 is 5.73 Å². The molecule has 0 fully saturated rings. The van der Waals surface area contributed by atoms with E-state index in [2.05, 4.69) is 31.9 Å². The summed E-state index contributed by atoms with van der Waals surface area (Å²) in [7, 11) is 2.12. The summed E-state index contributed by atoms with van der Waals surface area (Å²) in [4.78, 5) is 3.55. The standard InChI is InChI=1S/C11H19ClN2S/c1-8(2)7-14(3)9(6-13)10-4-5-11(12)15-10/h4-5,8-9H,6-7,13H2,1-3H3. The average Bonchev–Trinajstić information content (AvgIpc) is 2.51. The largest absolute Gasteiger partial charge is 0.329 e. The minimum absolute atomic E-state index is 0.296. The lowest BCUT2D eigenvalue weighted by molar-refractivity contribution is 0.226. The average molecular weight is 247 g/mol. The first-order valence-corrected chi connectivity index (χ1v) is 6.39. The summed E-state index contributed by atoms with van der Waals surface area (Å²) in [6, 6.07) is 4.30. The first-order chi connectivity index (χ1) is 7.04. The van der Waals surface area contributed by atoms with Gasteiger partial charge in [-0.25, -0.2) is 0 Å². The van der Waals surface area contributed by atoms with E-state index in [-0.39, 0.29) is 0 Å². The van der Waals surface area contributed by atoms with E-state index in [0.29, 0.717) is 18.5 Å². The third-order valence-electron chi connectivity index (χ3n) is 2.33. The van der Waals surface area contributed by atoms with Crippen molar-refractivity contribution >= 4 is 22.9 Å². The molecule has 2 nitrogen and oxygen atoms in total. The second kappa shape index (κ2) is 5.85. The second-order valence-corrected chi connectivity index (χ2v) is 5.97. The third kappa shape index (κ3) is 3.76. The quantitative estimate of drug-likeness (QED) is 0.866. The molecule has 2 N–H and O–H groups in total. The Morgan fingerprint density at radius 2 is 2.13 bits per heavy atom.